The van der Waals surface area contributed by atoms with Crippen LogP contribution >= 0.6 is 22.6 Å². The third kappa shape index (κ3) is 2.54. The molecule has 2 aromatic rings. The predicted molar refractivity (Wildman–Crippen MR) is 74.2 cm³/mol. The molecule has 2 rings (SSSR count). The van der Waals surface area contributed by atoms with Crippen LogP contribution in [0.1, 0.15) is 18.1 Å². The smallest absolute Gasteiger partial charge is 0.159 e. The third-order valence-corrected chi connectivity index (χ3v) is 3.61. The minimum absolute atomic E-state index is 0.322. The molecule has 1 atom stereocenters. The summed E-state index contributed by atoms with van der Waals surface area (Å²) in [7, 11) is 0. The average molecular weight is 360 g/mol. The molecule has 18 heavy (non-hydrogen) atoms. The highest BCUT2D eigenvalue weighted by Crippen LogP contribution is 2.30. The molecule has 4 heteroatoms. The molecule has 0 bridgehead atoms. The van der Waals surface area contributed by atoms with E-state index in [0.29, 0.717) is 11.1 Å². The average Bonchev–Trinajstić information content (AvgIpc) is 2.33. The van der Waals surface area contributed by atoms with Gasteiger partial charge in [-0.3, -0.25) is 0 Å². The largest absolute Gasteiger partial charge is 0.381 e. The molecular formula is C14H11F2IO. The van der Waals surface area contributed by atoms with Crippen LogP contribution in [0, 0.1) is 15.2 Å². The number of benzene rings is 2. The van der Waals surface area contributed by atoms with Crippen molar-refractivity contribution in [1.82, 2.24) is 0 Å². The fourth-order valence-corrected chi connectivity index (χ4v) is 2.10. The first-order valence-corrected chi connectivity index (χ1v) is 6.43. The molecule has 2 aromatic carbocycles. The molecule has 1 N–H and O–H groups in total. The minimum atomic E-state index is -1.35. The van der Waals surface area contributed by atoms with Crippen LogP contribution in [0.15, 0.2) is 42.5 Å². The van der Waals surface area contributed by atoms with E-state index in [0.717, 1.165) is 15.7 Å². The summed E-state index contributed by atoms with van der Waals surface area (Å²) in [4.78, 5) is 0. The molecule has 1 unspecified atom stereocenters. The maximum atomic E-state index is 13.2. The van der Waals surface area contributed by atoms with Crippen LogP contribution in [0.3, 0.4) is 0 Å². The molecule has 0 heterocycles. The Balaban J connectivity index is 2.46. The van der Waals surface area contributed by atoms with Crippen molar-refractivity contribution in [3.8, 4) is 0 Å². The summed E-state index contributed by atoms with van der Waals surface area (Å²) >= 11 is 2.16. The topological polar surface area (TPSA) is 20.2 Å². The third-order valence-electron chi connectivity index (χ3n) is 2.89. The molecule has 0 amide bonds. The molecule has 0 spiro atoms. The molecule has 0 aliphatic carbocycles. The Labute approximate surface area is 118 Å². The quantitative estimate of drug-likeness (QED) is 0.808. The van der Waals surface area contributed by atoms with Gasteiger partial charge in [0.1, 0.15) is 5.60 Å². The maximum Gasteiger partial charge on any atom is 0.159 e. The van der Waals surface area contributed by atoms with Crippen molar-refractivity contribution in [2.45, 2.75) is 12.5 Å². The lowest BCUT2D eigenvalue weighted by molar-refractivity contribution is 0.102. The van der Waals surface area contributed by atoms with Crippen molar-refractivity contribution in [3.63, 3.8) is 0 Å². The van der Waals surface area contributed by atoms with E-state index in [1.165, 1.54) is 6.07 Å². The lowest BCUT2D eigenvalue weighted by atomic mass is 9.88. The van der Waals surface area contributed by atoms with Crippen LogP contribution in [0.4, 0.5) is 8.78 Å². The zero-order chi connectivity index (χ0) is 13.3. The Kier molecular flexibility index (Phi) is 3.68. The van der Waals surface area contributed by atoms with Gasteiger partial charge in [0.2, 0.25) is 0 Å². The molecule has 0 fully saturated rings. The second kappa shape index (κ2) is 4.93. The molecule has 1 nitrogen and oxygen atoms in total. The maximum absolute atomic E-state index is 13.2. The van der Waals surface area contributed by atoms with Gasteiger partial charge in [0, 0.05) is 3.57 Å². The highest BCUT2D eigenvalue weighted by Gasteiger charge is 2.26. The van der Waals surface area contributed by atoms with Gasteiger partial charge in [-0.25, -0.2) is 8.78 Å². The van der Waals surface area contributed by atoms with Crippen molar-refractivity contribution >= 4 is 22.6 Å². The van der Waals surface area contributed by atoms with E-state index in [-0.39, 0.29) is 0 Å². The van der Waals surface area contributed by atoms with E-state index in [2.05, 4.69) is 22.6 Å². The number of halogens is 3. The summed E-state index contributed by atoms with van der Waals surface area (Å²) in [5.74, 6) is -1.88. The summed E-state index contributed by atoms with van der Waals surface area (Å²) < 4.78 is 27.1. The summed E-state index contributed by atoms with van der Waals surface area (Å²) in [6, 6.07) is 10.7. The molecule has 0 saturated heterocycles. The SMILES string of the molecule is CC(O)(c1ccc(I)cc1)c1ccc(F)c(F)c1. The van der Waals surface area contributed by atoms with Crippen molar-refractivity contribution in [1.29, 1.82) is 0 Å². The second-order valence-electron chi connectivity index (χ2n) is 4.21. The van der Waals surface area contributed by atoms with Gasteiger partial charge in [-0.2, -0.15) is 0 Å². The lowest BCUT2D eigenvalue weighted by Gasteiger charge is -2.24. The van der Waals surface area contributed by atoms with E-state index in [9.17, 15) is 13.9 Å². The van der Waals surface area contributed by atoms with Gasteiger partial charge >= 0.3 is 0 Å². The van der Waals surface area contributed by atoms with Gasteiger partial charge < -0.3 is 5.11 Å². The van der Waals surface area contributed by atoms with E-state index in [1.807, 2.05) is 12.1 Å². The van der Waals surface area contributed by atoms with Gasteiger partial charge in [0.15, 0.2) is 11.6 Å². The van der Waals surface area contributed by atoms with Gasteiger partial charge in [0.05, 0.1) is 0 Å². The highest BCUT2D eigenvalue weighted by atomic mass is 127. The summed E-state index contributed by atoms with van der Waals surface area (Å²) in [6.07, 6.45) is 0. The van der Waals surface area contributed by atoms with Gasteiger partial charge in [0.25, 0.3) is 0 Å². The van der Waals surface area contributed by atoms with Crippen molar-refractivity contribution in [3.05, 3.63) is 68.8 Å². The molecule has 94 valence electrons. The Hall–Kier alpha value is -1.01. The van der Waals surface area contributed by atoms with E-state index in [4.69, 9.17) is 0 Å². The Bertz CT molecular complexity index is 565. The zero-order valence-electron chi connectivity index (χ0n) is 9.62. The van der Waals surface area contributed by atoms with Gasteiger partial charge in [-0.1, -0.05) is 18.2 Å². The molecule has 0 aliphatic heterocycles. The first-order valence-electron chi connectivity index (χ1n) is 5.35. The first-order chi connectivity index (χ1) is 8.41. The van der Waals surface area contributed by atoms with E-state index >= 15 is 0 Å². The van der Waals surface area contributed by atoms with Gasteiger partial charge in [-0.15, -0.1) is 0 Å². The standard InChI is InChI=1S/C14H11F2IO/c1-14(18,9-2-5-11(17)6-3-9)10-4-7-12(15)13(16)8-10/h2-8,18H,1H3. The molecule has 0 aromatic heterocycles. The first kappa shape index (κ1) is 13.4. The molecule has 0 aliphatic rings. The van der Waals surface area contributed by atoms with Crippen LogP contribution in [-0.4, -0.2) is 5.11 Å². The fraction of sp³-hybridized carbons (Fsp3) is 0.143. The Morgan fingerprint density at radius 2 is 1.50 bits per heavy atom. The normalized spacial score (nSPS) is 14.3. The van der Waals surface area contributed by atoms with Crippen molar-refractivity contribution in [2.75, 3.05) is 0 Å². The zero-order valence-corrected chi connectivity index (χ0v) is 11.8. The number of hydrogen-bond acceptors (Lipinski definition) is 1. The van der Waals surface area contributed by atoms with Crippen LogP contribution in [0.5, 0.6) is 0 Å². The fourth-order valence-electron chi connectivity index (χ4n) is 1.74. The van der Waals surface area contributed by atoms with Crippen LogP contribution < -0.4 is 0 Å². The van der Waals surface area contributed by atoms with Crippen LogP contribution in [0.2, 0.25) is 0 Å². The van der Waals surface area contributed by atoms with Crippen LogP contribution in [-0.2, 0) is 5.60 Å². The van der Waals surface area contributed by atoms with Crippen LogP contribution in [0.25, 0.3) is 0 Å². The second-order valence-corrected chi connectivity index (χ2v) is 5.45. The number of rotatable bonds is 2. The molecular weight excluding hydrogens is 349 g/mol. The molecule has 0 radical (unpaired) electrons. The van der Waals surface area contributed by atoms with E-state index in [1.54, 1.807) is 19.1 Å². The number of hydrogen-bond donors (Lipinski definition) is 1. The Morgan fingerprint density at radius 3 is 2.06 bits per heavy atom. The summed E-state index contributed by atoms with van der Waals surface area (Å²) in [6.45, 7) is 1.56. The predicted octanol–water partition coefficient (Wildman–Crippen LogP) is 3.83. The van der Waals surface area contributed by atoms with Crippen molar-refractivity contribution < 1.29 is 13.9 Å². The lowest BCUT2D eigenvalue weighted by Crippen LogP contribution is -2.23. The minimum Gasteiger partial charge on any atom is -0.381 e. The summed E-state index contributed by atoms with van der Waals surface area (Å²) in [5, 5.41) is 10.5. The van der Waals surface area contributed by atoms with Crippen molar-refractivity contribution in [2.24, 2.45) is 0 Å². The van der Waals surface area contributed by atoms with E-state index < -0.39 is 17.2 Å². The van der Waals surface area contributed by atoms with Gasteiger partial charge in [-0.05, 0) is 64.9 Å². The monoisotopic (exact) mass is 360 g/mol. The number of aliphatic hydroxyl groups is 1. The summed E-state index contributed by atoms with van der Waals surface area (Å²) in [5.41, 5.74) is -0.393. The Morgan fingerprint density at radius 1 is 0.944 bits per heavy atom. The highest BCUT2D eigenvalue weighted by molar-refractivity contribution is 14.1. The molecule has 0 saturated carbocycles.